The van der Waals surface area contributed by atoms with E-state index in [1.54, 1.807) is 18.2 Å². The van der Waals surface area contributed by atoms with Crippen LogP contribution >= 0.6 is 23.2 Å². The zero-order chi connectivity index (χ0) is 23.3. The quantitative estimate of drug-likeness (QED) is 0.444. The third-order valence-electron chi connectivity index (χ3n) is 5.02. The van der Waals surface area contributed by atoms with Crippen molar-refractivity contribution in [3.05, 3.63) is 94.0 Å². The number of aryl methyl sites for hydroxylation is 1. The highest BCUT2D eigenvalue weighted by Gasteiger charge is 2.28. The lowest BCUT2D eigenvalue weighted by atomic mass is 10.1. The predicted molar refractivity (Wildman–Crippen MR) is 130 cm³/mol. The Labute approximate surface area is 199 Å². The number of nitrogens with one attached hydrogen (secondary N) is 1. The SMILES string of the molecule is CCc1ccc(C(C)NC(=O)CN(c2cc(Cl)cc(Cl)c2)S(=O)(=O)c2ccccc2)cc1. The molecule has 0 spiro atoms. The second-order valence-electron chi connectivity index (χ2n) is 7.34. The number of nitrogens with zero attached hydrogens (tertiary/aromatic N) is 1. The average Bonchev–Trinajstić information content (AvgIpc) is 2.77. The Balaban J connectivity index is 1.89. The summed E-state index contributed by atoms with van der Waals surface area (Å²) in [7, 11) is -4.04. The third kappa shape index (κ3) is 5.82. The molecule has 0 aliphatic heterocycles. The molecule has 0 aliphatic carbocycles. The first-order chi connectivity index (χ1) is 15.2. The number of hydrogen-bond donors (Lipinski definition) is 1. The molecule has 1 amide bonds. The zero-order valence-corrected chi connectivity index (χ0v) is 20.1. The van der Waals surface area contributed by atoms with Crippen molar-refractivity contribution in [3.8, 4) is 0 Å². The van der Waals surface area contributed by atoms with Gasteiger partial charge in [0.25, 0.3) is 10.0 Å². The summed E-state index contributed by atoms with van der Waals surface area (Å²) in [6, 6.07) is 20.0. The number of anilines is 1. The van der Waals surface area contributed by atoms with E-state index in [0.29, 0.717) is 0 Å². The highest BCUT2D eigenvalue weighted by Crippen LogP contribution is 2.29. The number of hydrogen-bond acceptors (Lipinski definition) is 3. The summed E-state index contributed by atoms with van der Waals surface area (Å²) < 4.78 is 27.8. The molecular formula is C24H24Cl2N2O3S. The molecule has 0 saturated carbocycles. The lowest BCUT2D eigenvalue weighted by Crippen LogP contribution is -2.41. The minimum Gasteiger partial charge on any atom is -0.348 e. The predicted octanol–water partition coefficient (Wildman–Crippen LogP) is 5.63. The van der Waals surface area contributed by atoms with E-state index in [-0.39, 0.29) is 26.7 Å². The van der Waals surface area contributed by atoms with Crippen LogP contribution in [0, 0.1) is 0 Å². The maximum Gasteiger partial charge on any atom is 0.264 e. The van der Waals surface area contributed by atoms with Crippen LogP contribution in [0.1, 0.15) is 31.0 Å². The van der Waals surface area contributed by atoms with Crippen LogP contribution in [0.2, 0.25) is 10.0 Å². The van der Waals surface area contributed by atoms with Gasteiger partial charge in [-0.25, -0.2) is 8.42 Å². The van der Waals surface area contributed by atoms with Crippen molar-refractivity contribution in [1.82, 2.24) is 5.32 Å². The van der Waals surface area contributed by atoms with Crippen LogP contribution in [-0.4, -0.2) is 20.9 Å². The van der Waals surface area contributed by atoms with Crippen LogP contribution in [0.4, 0.5) is 5.69 Å². The van der Waals surface area contributed by atoms with Crippen LogP contribution in [0.25, 0.3) is 0 Å². The van der Waals surface area contributed by atoms with E-state index in [2.05, 4.69) is 12.2 Å². The van der Waals surface area contributed by atoms with Gasteiger partial charge in [0.1, 0.15) is 6.54 Å². The van der Waals surface area contributed by atoms with Crippen LogP contribution in [0.15, 0.2) is 77.7 Å². The first-order valence-electron chi connectivity index (χ1n) is 10.1. The molecule has 0 bridgehead atoms. The van der Waals surface area contributed by atoms with Gasteiger partial charge in [0, 0.05) is 10.0 Å². The first-order valence-corrected chi connectivity index (χ1v) is 12.3. The van der Waals surface area contributed by atoms with E-state index < -0.39 is 22.5 Å². The number of benzene rings is 3. The van der Waals surface area contributed by atoms with Crippen LogP contribution in [-0.2, 0) is 21.2 Å². The minimum absolute atomic E-state index is 0.0621. The van der Waals surface area contributed by atoms with Crippen molar-refractivity contribution in [2.24, 2.45) is 0 Å². The second-order valence-corrected chi connectivity index (χ2v) is 10.1. The van der Waals surface area contributed by atoms with Gasteiger partial charge in [0.2, 0.25) is 5.91 Å². The summed E-state index contributed by atoms with van der Waals surface area (Å²) in [5.41, 5.74) is 2.34. The van der Waals surface area contributed by atoms with Crippen molar-refractivity contribution in [3.63, 3.8) is 0 Å². The smallest absolute Gasteiger partial charge is 0.264 e. The molecule has 0 heterocycles. The number of amides is 1. The molecule has 8 heteroatoms. The van der Waals surface area contributed by atoms with Crippen molar-refractivity contribution in [2.75, 3.05) is 10.8 Å². The minimum atomic E-state index is -4.04. The largest absolute Gasteiger partial charge is 0.348 e. The van der Waals surface area contributed by atoms with E-state index >= 15 is 0 Å². The highest BCUT2D eigenvalue weighted by molar-refractivity contribution is 7.92. The number of sulfonamides is 1. The molecule has 3 rings (SSSR count). The summed E-state index contributed by atoms with van der Waals surface area (Å²) in [6.45, 7) is 3.50. The Bertz CT molecular complexity index is 1160. The van der Waals surface area contributed by atoms with Gasteiger partial charge < -0.3 is 5.32 Å². The molecule has 1 atom stereocenters. The fourth-order valence-electron chi connectivity index (χ4n) is 3.26. The number of halogens is 2. The summed E-state index contributed by atoms with van der Waals surface area (Å²) >= 11 is 12.2. The third-order valence-corrected chi connectivity index (χ3v) is 7.24. The molecule has 5 nitrogen and oxygen atoms in total. The van der Waals surface area contributed by atoms with Crippen LogP contribution in [0.5, 0.6) is 0 Å². The van der Waals surface area contributed by atoms with E-state index in [1.807, 2.05) is 31.2 Å². The summed E-state index contributed by atoms with van der Waals surface area (Å²) in [5.74, 6) is -0.451. The fourth-order valence-corrected chi connectivity index (χ4v) is 5.20. The lowest BCUT2D eigenvalue weighted by Gasteiger charge is -2.25. The Morgan fingerprint density at radius 3 is 2.12 bits per heavy atom. The normalized spacial score (nSPS) is 12.2. The molecule has 32 heavy (non-hydrogen) atoms. The average molecular weight is 491 g/mol. The summed E-state index contributed by atoms with van der Waals surface area (Å²) in [5, 5.41) is 3.41. The summed E-state index contributed by atoms with van der Waals surface area (Å²) in [6.07, 6.45) is 0.926. The second kappa shape index (κ2) is 10.4. The summed E-state index contributed by atoms with van der Waals surface area (Å²) in [4.78, 5) is 13.0. The van der Waals surface area contributed by atoms with Gasteiger partial charge in [-0.05, 0) is 54.8 Å². The van der Waals surface area contributed by atoms with E-state index in [9.17, 15) is 13.2 Å². The van der Waals surface area contributed by atoms with Gasteiger partial charge in [-0.15, -0.1) is 0 Å². The molecule has 1 unspecified atom stereocenters. The van der Waals surface area contributed by atoms with E-state index in [0.717, 1.165) is 16.3 Å². The first kappa shape index (κ1) is 24.1. The van der Waals surface area contributed by atoms with Crippen molar-refractivity contribution >= 4 is 44.8 Å². The van der Waals surface area contributed by atoms with Gasteiger partial charge in [-0.2, -0.15) is 0 Å². The molecule has 0 saturated heterocycles. The highest BCUT2D eigenvalue weighted by atomic mass is 35.5. The van der Waals surface area contributed by atoms with E-state index in [4.69, 9.17) is 23.2 Å². The van der Waals surface area contributed by atoms with Gasteiger partial charge in [-0.1, -0.05) is 72.6 Å². The molecule has 1 N–H and O–H groups in total. The van der Waals surface area contributed by atoms with Gasteiger partial charge in [-0.3, -0.25) is 9.10 Å². The Morgan fingerprint density at radius 2 is 1.56 bits per heavy atom. The Morgan fingerprint density at radius 1 is 0.969 bits per heavy atom. The standard InChI is InChI=1S/C24H24Cl2N2O3S/c1-3-18-9-11-19(12-10-18)17(2)27-24(29)16-28(22-14-20(25)13-21(26)15-22)32(30,31)23-7-5-4-6-8-23/h4-15,17H,3,16H2,1-2H3,(H,27,29). The number of rotatable bonds is 8. The molecular weight excluding hydrogens is 467 g/mol. The van der Waals surface area contributed by atoms with Crippen molar-refractivity contribution < 1.29 is 13.2 Å². The monoisotopic (exact) mass is 490 g/mol. The molecule has 3 aromatic rings. The van der Waals surface area contributed by atoms with Crippen LogP contribution < -0.4 is 9.62 Å². The Kier molecular flexibility index (Phi) is 7.82. The topological polar surface area (TPSA) is 66.5 Å². The molecule has 3 aromatic carbocycles. The Hall–Kier alpha value is -2.54. The van der Waals surface area contributed by atoms with E-state index in [1.165, 1.54) is 35.9 Å². The molecule has 168 valence electrons. The van der Waals surface area contributed by atoms with Crippen molar-refractivity contribution in [2.45, 2.75) is 31.2 Å². The number of carbonyl (C=O) groups is 1. The van der Waals surface area contributed by atoms with Gasteiger partial charge >= 0.3 is 0 Å². The lowest BCUT2D eigenvalue weighted by molar-refractivity contribution is -0.120. The zero-order valence-electron chi connectivity index (χ0n) is 17.8. The number of carbonyl (C=O) groups excluding carboxylic acids is 1. The van der Waals surface area contributed by atoms with Gasteiger partial charge in [0.15, 0.2) is 0 Å². The maximum atomic E-state index is 13.4. The van der Waals surface area contributed by atoms with Crippen LogP contribution in [0.3, 0.4) is 0 Å². The molecule has 0 fully saturated rings. The maximum absolute atomic E-state index is 13.4. The molecule has 0 aromatic heterocycles. The molecule has 0 radical (unpaired) electrons. The fraction of sp³-hybridized carbons (Fsp3) is 0.208. The van der Waals surface area contributed by atoms with Crippen molar-refractivity contribution in [1.29, 1.82) is 0 Å². The molecule has 0 aliphatic rings. The van der Waals surface area contributed by atoms with Gasteiger partial charge in [0.05, 0.1) is 16.6 Å².